The van der Waals surface area contributed by atoms with E-state index in [1.807, 2.05) is 4.57 Å². The topological polar surface area (TPSA) is 60.5 Å². The van der Waals surface area contributed by atoms with Crippen molar-refractivity contribution in [2.45, 2.75) is 19.6 Å². The summed E-state index contributed by atoms with van der Waals surface area (Å²) in [5, 5.41) is 0. The van der Waals surface area contributed by atoms with Crippen molar-refractivity contribution in [3.05, 3.63) is 47.2 Å². The predicted molar refractivity (Wildman–Crippen MR) is 95.4 cm³/mol. The van der Waals surface area contributed by atoms with Crippen LogP contribution in [0.1, 0.15) is 21.6 Å². The minimum atomic E-state index is -4.38. The van der Waals surface area contributed by atoms with Crippen LogP contribution in [0.4, 0.5) is 13.2 Å². The molecule has 0 saturated carbocycles. The predicted octanol–water partition coefficient (Wildman–Crippen LogP) is 2.91. The first-order valence-corrected chi connectivity index (χ1v) is 8.75. The summed E-state index contributed by atoms with van der Waals surface area (Å²) < 4.78 is 45.7. The molecule has 5 nitrogen and oxygen atoms in total. The molecule has 0 aliphatic carbocycles. The number of nitrogens with zero attached hydrogens (tertiary/aromatic N) is 2. The van der Waals surface area contributed by atoms with Crippen LogP contribution >= 0.6 is 0 Å². The maximum atomic E-state index is 12.8. The van der Waals surface area contributed by atoms with Gasteiger partial charge in [-0.25, -0.2) is 0 Å². The summed E-state index contributed by atoms with van der Waals surface area (Å²) in [5.41, 5.74) is 7.15. The summed E-state index contributed by atoms with van der Waals surface area (Å²) >= 11 is 0. The van der Waals surface area contributed by atoms with Crippen molar-refractivity contribution >= 4 is 5.91 Å². The zero-order valence-corrected chi connectivity index (χ0v) is 15.1. The number of primary amides is 1. The fraction of sp³-hybridized carbons (Fsp3) is 0.421. The SMILES string of the molecule is Cc1c(C(N)=O)cc(-c2ccc(C(F)(F)F)cc2)n1CCN1CCOCC1. The lowest BCUT2D eigenvalue weighted by molar-refractivity contribution is -0.137. The molecule has 1 aliphatic rings. The first-order chi connectivity index (χ1) is 12.8. The Morgan fingerprint density at radius 2 is 1.78 bits per heavy atom. The molecule has 2 heterocycles. The summed E-state index contributed by atoms with van der Waals surface area (Å²) in [6.45, 7) is 6.19. The third kappa shape index (κ3) is 4.33. The summed E-state index contributed by atoms with van der Waals surface area (Å²) in [6, 6.07) is 6.60. The number of aromatic nitrogens is 1. The summed E-state index contributed by atoms with van der Waals surface area (Å²) in [4.78, 5) is 14.0. The van der Waals surface area contributed by atoms with Gasteiger partial charge in [-0.05, 0) is 30.7 Å². The average molecular weight is 381 g/mol. The van der Waals surface area contributed by atoms with Crippen molar-refractivity contribution in [2.24, 2.45) is 5.73 Å². The van der Waals surface area contributed by atoms with Gasteiger partial charge in [-0.2, -0.15) is 13.2 Å². The van der Waals surface area contributed by atoms with Gasteiger partial charge in [-0.15, -0.1) is 0 Å². The minimum absolute atomic E-state index is 0.381. The molecule has 1 aromatic carbocycles. The largest absolute Gasteiger partial charge is 0.416 e. The smallest absolute Gasteiger partial charge is 0.379 e. The summed E-state index contributed by atoms with van der Waals surface area (Å²) in [6.07, 6.45) is -4.38. The van der Waals surface area contributed by atoms with Gasteiger partial charge in [-0.3, -0.25) is 9.69 Å². The van der Waals surface area contributed by atoms with Crippen LogP contribution in [0.3, 0.4) is 0 Å². The molecule has 146 valence electrons. The number of carbonyl (C=O) groups is 1. The highest BCUT2D eigenvalue weighted by atomic mass is 19.4. The Kier molecular flexibility index (Phi) is 5.57. The quantitative estimate of drug-likeness (QED) is 0.866. The second-order valence-electron chi connectivity index (χ2n) is 6.57. The van der Waals surface area contributed by atoms with Gasteiger partial charge in [0.05, 0.1) is 24.3 Å². The van der Waals surface area contributed by atoms with Crippen molar-refractivity contribution in [3.8, 4) is 11.3 Å². The van der Waals surface area contributed by atoms with E-state index in [-0.39, 0.29) is 0 Å². The Morgan fingerprint density at radius 1 is 1.15 bits per heavy atom. The van der Waals surface area contributed by atoms with E-state index in [0.29, 0.717) is 42.3 Å². The Morgan fingerprint density at radius 3 is 2.33 bits per heavy atom. The maximum absolute atomic E-state index is 12.8. The Balaban J connectivity index is 1.91. The molecule has 3 rings (SSSR count). The number of carbonyl (C=O) groups excluding carboxylic acids is 1. The number of benzene rings is 1. The standard InChI is InChI=1S/C19H22F3N3O2/c1-13-16(18(23)26)12-17(14-2-4-15(5-3-14)19(20,21)22)25(13)7-6-24-8-10-27-11-9-24/h2-5,12H,6-11H2,1H3,(H2,23,26). The lowest BCUT2D eigenvalue weighted by atomic mass is 10.1. The molecule has 27 heavy (non-hydrogen) atoms. The maximum Gasteiger partial charge on any atom is 0.416 e. The van der Waals surface area contributed by atoms with Crippen LogP contribution in [0.25, 0.3) is 11.3 Å². The zero-order chi connectivity index (χ0) is 19.6. The van der Waals surface area contributed by atoms with E-state index in [9.17, 15) is 18.0 Å². The zero-order valence-electron chi connectivity index (χ0n) is 15.1. The molecule has 1 aromatic heterocycles. The molecule has 0 spiro atoms. The number of rotatable bonds is 5. The molecule has 0 bridgehead atoms. The van der Waals surface area contributed by atoms with E-state index in [2.05, 4.69) is 4.90 Å². The number of ether oxygens (including phenoxy) is 1. The number of amides is 1. The van der Waals surface area contributed by atoms with Gasteiger partial charge in [0, 0.05) is 37.6 Å². The highest BCUT2D eigenvalue weighted by Gasteiger charge is 2.30. The lowest BCUT2D eigenvalue weighted by Gasteiger charge is -2.27. The van der Waals surface area contributed by atoms with Crippen LogP contribution in [0.15, 0.2) is 30.3 Å². The van der Waals surface area contributed by atoms with Crippen molar-refractivity contribution in [1.82, 2.24) is 9.47 Å². The third-order valence-electron chi connectivity index (χ3n) is 4.88. The van der Waals surface area contributed by atoms with Gasteiger partial charge in [0.25, 0.3) is 5.91 Å². The highest BCUT2D eigenvalue weighted by molar-refractivity contribution is 5.95. The van der Waals surface area contributed by atoms with Crippen molar-refractivity contribution < 1.29 is 22.7 Å². The number of alkyl halides is 3. The van der Waals surface area contributed by atoms with Crippen LogP contribution in [-0.4, -0.2) is 48.2 Å². The Labute approximate surface area is 155 Å². The average Bonchev–Trinajstić information content (AvgIpc) is 2.97. The van der Waals surface area contributed by atoms with Crippen LogP contribution in [-0.2, 0) is 17.5 Å². The molecule has 2 N–H and O–H groups in total. The van der Waals surface area contributed by atoms with Gasteiger partial charge < -0.3 is 15.0 Å². The number of halogens is 3. The first kappa shape index (κ1) is 19.4. The van der Waals surface area contributed by atoms with E-state index in [1.165, 1.54) is 12.1 Å². The van der Waals surface area contributed by atoms with Gasteiger partial charge in [-0.1, -0.05) is 12.1 Å². The molecule has 1 fully saturated rings. The Bertz CT molecular complexity index is 807. The lowest BCUT2D eigenvalue weighted by Crippen LogP contribution is -2.38. The Hall–Kier alpha value is -2.32. The number of hydrogen-bond donors (Lipinski definition) is 1. The molecule has 0 radical (unpaired) electrons. The first-order valence-electron chi connectivity index (χ1n) is 8.75. The van der Waals surface area contributed by atoms with Gasteiger partial charge in [0.1, 0.15) is 0 Å². The monoisotopic (exact) mass is 381 g/mol. The van der Waals surface area contributed by atoms with Crippen LogP contribution in [0.5, 0.6) is 0 Å². The molecule has 1 amide bonds. The molecular formula is C19H22F3N3O2. The van der Waals surface area contributed by atoms with Gasteiger partial charge in [0.2, 0.25) is 0 Å². The highest BCUT2D eigenvalue weighted by Crippen LogP contribution is 2.32. The van der Waals surface area contributed by atoms with Crippen LogP contribution in [0, 0.1) is 6.92 Å². The number of morpholine rings is 1. The van der Waals surface area contributed by atoms with Crippen molar-refractivity contribution in [3.63, 3.8) is 0 Å². The summed E-state index contributed by atoms with van der Waals surface area (Å²) in [7, 11) is 0. The van der Waals surface area contributed by atoms with Crippen LogP contribution < -0.4 is 5.73 Å². The van der Waals surface area contributed by atoms with Gasteiger partial charge in [0.15, 0.2) is 0 Å². The van der Waals surface area contributed by atoms with E-state index in [1.54, 1.807) is 13.0 Å². The van der Waals surface area contributed by atoms with E-state index in [4.69, 9.17) is 10.5 Å². The molecule has 1 aliphatic heterocycles. The van der Waals surface area contributed by atoms with E-state index in [0.717, 1.165) is 31.8 Å². The molecule has 0 unspecified atom stereocenters. The minimum Gasteiger partial charge on any atom is -0.379 e. The van der Waals surface area contributed by atoms with Crippen molar-refractivity contribution in [2.75, 3.05) is 32.8 Å². The fourth-order valence-electron chi connectivity index (χ4n) is 3.32. The molecule has 2 aromatic rings. The summed E-state index contributed by atoms with van der Waals surface area (Å²) in [5.74, 6) is -0.550. The second kappa shape index (κ2) is 7.74. The van der Waals surface area contributed by atoms with Crippen molar-refractivity contribution in [1.29, 1.82) is 0 Å². The molecular weight excluding hydrogens is 359 g/mol. The molecule has 1 saturated heterocycles. The van der Waals surface area contributed by atoms with E-state index < -0.39 is 17.6 Å². The second-order valence-corrected chi connectivity index (χ2v) is 6.57. The normalized spacial score (nSPS) is 15.9. The van der Waals surface area contributed by atoms with E-state index >= 15 is 0 Å². The number of hydrogen-bond acceptors (Lipinski definition) is 3. The molecule has 8 heteroatoms. The van der Waals surface area contributed by atoms with Gasteiger partial charge >= 0.3 is 6.18 Å². The molecule has 0 atom stereocenters. The fourth-order valence-corrected chi connectivity index (χ4v) is 3.32. The number of nitrogens with two attached hydrogens (primary N) is 1. The third-order valence-corrected chi connectivity index (χ3v) is 4.88. The van der Waals surface area contributed by atoms with Crippen LogP contribution in [0.2, 0.25) is 0 Å².